The lowest BCUT2D eigenvalue weighted by Crippen LogP contribution is -2.18. The van der Waals surface area contributed by atoms with Crippen molar-refractivity contribution in [1.29, 1.82) is 0 Å². The number of hydrogen-bond donors (Lipinski definition) is 0. The molecule has 0 saturated carbocycles. The Morgan fingerprint density at radius 3 is 2.50 bits per heavy atom. The lowest BCUT2D eigenvalue weighted by Gasteiger charge is -2.20. The molecule has 1 unspecified atom stereocenters. The molecule has 0 bridgehead atoms. The summed E-state index contributed by atoms with van der Waals surface area (Å²) in [4.78, 5) is 4.34. The molecule has 0 aliphatic rings. The standard InChI is InChI=1S/C11H25NSSi/c1-6-9-12-10-7-8-11(2)13-14(3,4)5/h9,11H,6-8,10H2,1-5H3. The predicted octanol–water partition coefficient (Wildman–Crippen LogP) is 4.20. The zero-order valence-corrected chi connectivity index (χ0v) is 12.2. The molecule has 0 aromatic heterocycles. The summed E-state index contributed by atoms with van der Waals surface area (Å²) >= 11 is 2.21. The van der Waals surface area contributed by atoms with Crippen LogP contribution >= 0.6 is 11.2 Å². The number of rotatable bonds is 7. The normalized spacial score (nSPS) is 14.9. The van der Waals surface area contributed by atoms with E-state index in [9.17, 15) is 0 Å². The fourth-order valence-corrected chi connectivity index (χ4v) is 6.82. The van der Waals surface area contributed by atoms with Gasteiger partial charge < -0.3 is 0 Å². The summed E-state index contributed by atoms with van der Waals surface area (Å²) in [6.45, 7) is 12.8. The topological polar surface area (TPSA) is 12.4 Å². The summed E-state index contributed by atoms with van der Waals surface area (Å²) in [7, 11) is -0.917. The third-order valence-corrected chi connectivity index (χ3v) is 6.44. The lowest BCUT2D eigenvalue weighted by atomic mass is 10.2. The van der Waals surface area contributed by atoms with Gasteiger partial charge in [0.15, 0.2) is 0 Å². The Hall–Kier alpha value is 0.237. The molecule has 0 heterocycles. The van der Waals surface area contributed by atoms with E-state index in [1.54, 1.807) is 0 Å². The van der Waals surface area contributed by atoms with Gasteiger partial charge in [-0.2, -0.15) is 11.2 Å². The zero-order chi connectivity index (χ0) is 11.0. The van der Waals surface area contributed by atoms with Crippen molar-refractivity contribution in [2.24, 2.45) is 4.99 Å². The quantitative estimate of drug-likeness (QED) is 0.363. The Bertz CT molecular complexity index is 163. The molecule has 0 radical (unpaired) electrons. The SMILES string of the molecule is CCC=NCCCC(C)S[Si](C)(C)C. The average Bonchev–Trinajstić information content (AvgIpc) is 2.00. The maximum atomic E-state index is 4.34. The van der Waals surface area contributed by atoms with E-state index in [1.807, 2.05) is 6.21 Å². The van der Waals surface area contributed by atoms with Gasteiger partial charge in [-0.1, -0.05) is 33.5 Å². The van der Waals surface area contributed by atoms with Crippen LogP contribution in [0.4, 0.5) is 0 Å². The van der Waals surface area contributed by atoms with Gasteiger partial charge in [0.05, 0.1) is 0 Å². The van der Waals surface area contributed by atoms with Crippen LogP contribution in [0.25, 0.3) is 0 Å². The van der Waals surface area contributed by atoms with Crippen LogP contribution in [0.1, 0.15) is 33.1 Å². The van der Waals surface area contributed by atoms with Gasteiger partial charge in [-0.3, -0.25) is 4.99 Å². The van der Waals surface area contributed by atoms with Crippen LogP contribution < -0.4 is 0 Å². The minimum atomic E-state index is -0.917. The third-order valence-electron chi connectivity index (χ3n) is 1.76. The van der Waals surface area contributed by atoms with Crippen LogP contribution in [0, 0.1) is 0 Å². The molecule has 84 valence electrons. The van der Waals surface area contributed by atoms with Gasteiger partial charge in [0.25, 0.3) is 0 Å². The average molecular weight is 231 g/mol. The molecular formula is C11H25NSSi. The van der Waals surface area contributed by atoms with Gasteiger partial charge in [0.1, 0.15) is 7.22 Å². The van der Waals surface area contributed by atoms with E-state index in [0.29, 0.717) is 0 Å². The molecule has 0 aromatic rings. The summed E-state index contributed by atoms with van der Waals surface area (Å²) in [5.41, 5.74) is 0. The minimum Gasteiger partial charge on any atom is -0.298 e. The largest absolute Gasteiger partial charge is 0.298 e. The Morgan fingerprint density at radius 2 is 2.00 bits per heavy atom. The lowest BCUT2D eigenvalue weighted by molar-refractivity contribution is 0.743. The summed E-state index contributed by atoms with van der Waals surface area (Å²) in [6.07, 6.45) is 5.65. The molecule has 0 aromatic carbocycles. The molecule has 0 saturated heterocycles. The monoisotopic (exact) mass is 231 g/mol. The molecule has 0 spiro atoms. The number of nitrogens with zero attached hydrogens (tertiary/aromatic N) is 1. The van der Waals surface area contributed by atoms with Gasteiger partial charge in [-0.05, 0) is 30.7 Å². The van der Waals surface area contributed by atoms with Gasteiger partial charge in [-0.15, -0.1) is 0 Å². The second-order valence-electron chi connectivity index (χ2n) is 4.68. The minimum absolute atomic E-state index is 0.818. The van der Waals surface area contributed by atoms with E-state index < -0.39 is 7.22 Å². The van der Waals surface area contributed by atoms with Gasteiger partial charge in [0, 0.05) is 6.54 Å². The molecular weight excluding hydrogens is 206 g/mol. The Balaban J connectivity index is 3.45. The van der Waals surface area contributed by atoms with E-state index in [1.165, 1.54) is 12.8 Å². The Kier molecular flexibility index (Phi) is 7.65. The van der Waals surface area contributed by atoms with Crippen molar-refractivity contribution in [2.45, 2.75) is 58.0 Å². The van der Waals surface area contributed by atoms with Crippen LogP contribution in [0.3, 0.4) is 0 Å². The maximum Gasteiger partial charge on any atom is 0.108 e. The van der Waals surface area contributed by atoms with Crippen molar-refractivity contribution < 1.29 is 0 Å². The van der Waals surface area contributed by atoms with Gasteiger partial charge in [0.2, 0.25) is 0 Å². The molecule has 14 heavy (non-hydrogen) atoms. The molecule has 0 fully saturated rings. The second kappa shape index (κ2) is 7.52. The summed E-state index contributed by atoms with van der Waals surface area (Å²) < 4.78 is 0. The zero-order valence-electron chi connectivity index (χ0n) is 10.3. The van der Waals surface area contributed by atoms with Gasteiger partial charge in [-0.25, -0.2) is 0 Å². The number of aliphatic imine (C=N–C) groups is 1. The van der Waals surface area contributed by atoms with Crippen LogP contribution in [0.2, 0.25) is 19.6 Å². The van der Waals surface area contributed by atoms with Crippen LogP contribution in [-0.4, -0.2) is 25.2 Å². The summed E-state index contributed by atoms with van der Waals surface area (Å²) in [5.74, 6) is 0. The van der Waals surface area contributed by atoms with Crippen molar-refractivity contribution in [3.8, 4) is 0 Å². The molecule has 0 aliphatic carbocycles. The van der Waals surface area contributed by atoms with Crippen LogP contribution in [0.15, 0.2) is 4.99 Å². The Labute approximate surface area is 94.4 Å². The van der Waals surface area contributed by atoms with Crippen molar-refractivity contribution in [1.82, 2.24) is 0 Å². The Morgan fingerprint density at radius 1 is 1.36 bits per heavy atom. The highest BCUT2D eigenvalue weighted by molar-refractivity contribution is 8.29. The molecule has 3 heteroatoms. The van der Waals surface area contributed by atoms with Crippen LogP contribution in [-0.2, 0) is 0 Å². The summed E-state index contributed by atoms with van der Waals surface area (Å²) in [6, 6.07) is 0. The molecule has 0 aliphatic heterocycles. The first-order valence-corrected chi connectivity index (χ1v) is 10.7. The van der Waals surface area contributed by atoms with Crippen molar-refractivity contribution in [3.05, 3.63) is 0 Å². The molecule has 0 N–H and O–H groups in total. The molecule has 1 atom stereocenters. The predicted molar refractivity (Wildman–Crippen MR) is 73.3 cm³/mol. The summed E-state index contributed by atoms with van der Waals surface area (Å²) in [5, 5.41) is 0.818. The van der Waals surface area contributed by atoms with Gasteiger partial charge >= 0.3 is 0 Å². The van der Waals surface area contributed by atoms with Crippen LogP contribution in [0.5, 0.6) is 0 Å². The first kappa shape index (κ1) is 14.2. The first-order chi connectivity index (χ1) is 6.45. The van der Waals surface area contributed by atoms with Crippen molar-refractivity contribution in [3.63, 3.8) is 0 Å². The van der Waals surface area contributed by atoms with Crippen molar-refractivity contribution >= 4 is 24.6 Å². The highest BCUT2D eigenvalue weighted by atomic mass is 32.4. The van der Waals surface area contributed by atoms with E-state index in [0.717, 1.165) is 18.2 Å². The van der Waals surface area contributed by atoms with E-state index in [4.69, 9.17) is 0 Å². The first-order valence-electron chi connectivity index (χ1n) is 5.62. The fourth-order valence-electron chi connectivity index (χ4n) is 1.35. The van der Waals surface area contributed by atoms with E-state index >= 15 is 0 Å². The second-order valence-corrected chi connectivity index (χ2v) is 14.3. The third kappa shape index (κ3) is 10.3. The molecule has 0 rings (SSSR count). The smallest absolute Gasteiger partial charge is 0.108 e. The fraction of sp³-hybridized carbons (Fsp3) is 0.909. The molecule has 1 nitrogen and oxygen atoms in total. The highest BCUT2D eigenvalue weighted by Crippen LogP contribution is 2.26. The van der Waals surface area contributed by atoms with Crippen molar-refractivity contribution in [2.75, 3.05) is 6.54 Å². The number of hydrogen-bond acceptors (Lipinski definition) is 2. The highest BCUT2D eigenvalue weighted by Gasteiger charge is 2.17. The van der Waals surface area contributed by atoms with E-state index in [-0.39, 0.29) is 0 Å². The van der Waals surface area contributed by atoms with E-state index in [2.05, 4.69) is 49.7 Å². The molecule has 0 amide bonds. The maximum absolute atomic E-state index is 4.34.